The molecule has 0 saturated carbocycles. The summed E-state index contributed by atoms with van der Waals surface area (Å²) in [4.78, 5) is 0. The third kappa shape index (κ3) is 2.87. The second-order valence-electron chi connectivity index (χ2n) is 4.68. The monoisotopic (exact) mass is 281 g/mol. The fourth-order valence-electron chi connectivity index (χ4n) is 1.99. The maximum absolute atomic E-state index is 13.6. The van der Waals surface area contributed by atoms with Crippen LogP contribution in [0.15, 0.2) is 30.3 Å². The van der Waals surface area contributed by atoms with E-state index >= 15 is 0 Å². The highest BCUT2D eigenvalue weighted by molar-refractivity contribution is 5.49. The summed E-state index contributed by atoms with van der Waals surface area (Å²) in [6.45, 7) is 3.48. The first-order valence-corrected chi connectivity index (χ1v) is 6.09. The lowest BCUT2D eigenvalue weighted by atomic mass is 10.0. The molecule has 0 aliphatic heterocycles. The quantitative estimate of drug-likeness (QED) is 0.822. The van der Waals surface area contributed by atoms with Crippen LogP contribution >= 0.6 is 0 Å². The van der Waals surface area contributed by atoms with Crippen LogP contribution < -0.4 is 5.32 Å². The van der Waals surface area contributed by atoms with E-state index in [1.807, 2.05) is 6.92 Å². The molecule has 0 aromatic heterocycles. The first-order chi connectivity index (χ1) is 9.38. The molecule has 2 rings (SSSR count). The van der Waals surface area contributed by atoms with E-state index in [4.69, 9.17) is 0 Å². The van der Waals surface area contributed by atoms with Crippen molar-refractivity contribution in [2.75, 3.05) is 5.32 Å². The number of nitrogens with one attached hydrogen (secondary N) is 1. The zero-order valence-electron chi connectivity index (χ0n) is 11.0. The Morgan fingerprint density at radius 2 is 1.80 bits per heavy atom. The Morgan fingerprint density at radius 1 is 1.10 bits per heavy atom. The SMILES string of the molecule is Cc1ccc(C(C)Nc2cc(F)cc(F)c2F)c(O)c1. The molecule has 20 heavy (non-hydrogen) atoms. The number of phenols is 1. The lowest BCUT2D eigenvalue weighted by Crippen LogP contribution is -2.09. The molecule has 0 fully saturated rings. The van der Waals surface area contributed by atoms with Gasteiger partial charge in [-0.25, -0.2) is 13.2 Å². The lowest BCUT2D eigenvalue weighted by molar-refractivity contribution is 0.464. The predicted octanol–water partition coefficient (Wildman–Crippen LogP) is 4.29. The van der Waals surface area contributed by atoms with Crippen LogP contribution in [0.25, 0.3) is 0 Å². The Hall–Kier alpha value is -2.17. The number of rotatable bonds is 3. The minimum absolute atomic E-state index is 0.0438. The van der Waals surface area contributed by atoms with Gasteiger partial charge in [0.25, 0.3) is 0 Å². The van der Waals surface area contributed by atoms with Crippen molar-refractivity contribution in [3.8, 4) is 5.75 Å². The maximum Gasteiger partial charge on any atom is 0.182 e. The molecule has 106 valence electrons. The normalized spacial score (nSPS) is 12.2. The van der Waals surface area contributed by atoms with Crippen molar-refractivity contribution in [1.82, 2.24) is 0 Å². The number of hydrogen-bond donors (Lipinski definition) is 2. The third-order valence-corrected chi connectivity index (χ3v) is 3.02. The van der Waals surface area contributed by atoms with Crippen molar-refractivity contribution in [2.45, 2.75) is 19.9 Å². The molecule has 1 atom stereocenters. The highest BCUT2D eigenvalue weighted by Crippen LogP contribution is 2.29. The van der Waals surface area contributed by atoms with Gasteiger partial charge in [-0.05, 0) is 25.5 Å². The summed E-state index contributed by atoms with van der Waals surface area (Å²) in [6, 6.07) is 5.88. The molecule has 5 heteroatoms. The highest BCUT2D eigenvalue weighted by Gasteiger charge is 2.15. The van der Waals surface area contributed by atoms with Gasteiger partial charge in [-0.15, -0.1) is 0 Å². The van der Waals surface area contributed by atoms with E-state index < -0.39 is 23.5 Å². The summed E-state index contributed by atoms with van der Waals surface area (Å²) in [5.41, 5.74) is 1.11. The molecule has 2 nitrogen and oxygen atoms in total. The summed E-state index contributed by atoms with van der Waals surface area (Å²) < 4.78 is 39.8. The topological polar surface area (TPSA) is 32.3 Å². The second-order valence-corrected chi connectivity index (χ2v) is 4.68. The summed E-state index contributed by atoms with van der Waals surface area (Å²) >= 11 is 0. The largest absolute Gasteiger partial charge is 0.508 e. The highest BCUT2D eigenvalue weighted by atomic mass is 19.2. The number of aryl methyl sites for hydroxylation is 1. The molecule has 2 aromatic rings. The van der Waals surface area contributed by atoms with Crippen molar-refractivity contribution < 1.29 is 18.3 Å². The van der Waals surface area contributed by atoms with E-state index in [9.17, 15) is 18.3 Å². The van der Waals surface area contributed by atoms with Crippen LogP contribution in [0.2, 0.25) is 0 Å². The van der Waals surface area contributed by atoms with Gasteiger partial charge < -0.3 is 10.4 Å². The average Bonchev–Trinajstić information content (AvgIpc) is 2.35. The van der Waals surface area contributed by atoms with Crippen LogP contribution in [0.5, 0.6) is 5.75 Å². The Labute approximate surface area is 114 Å². The molecule has 0 bridgehead atoms. The summed E-state index contributed by atoms with van der Waals surface area (Å²) in [7, 11) is 0. The molecule has 0 heterocycles. The molecule has 1 unspecified atom stereocenters. The standard InChI is InChI=1S/C15H14F3NO/c1-8-3-4-11(14(20)5-8)9(2)19-13-7-10(16)6-12(17)15(13)18/h3-7,9,19-20H,1-2H3. The summed E-state index contributed by atoms with van der Waals surface area (Å²) in [5, 5.41) is 12.5. The molecular weight excluding hydrogens is 267 g/mol. The first kappa shape index (κ1) is 14.2. The van der Waals surface area contributed by atoms with E-state index in [-0.39, 0.29) is 11.4 Å². The molecule has 2 aromatic carbocycles. The van der Waals surface area contributed by atoms with Crippen LogP contribution in [0, 0.1) is 24.4 Å². The third-order valence-electron chi connectivity index (χ3n) is 3.02. The van der Waals surface area contributed by atoms with Gasteiger partial charge in [0.15, 0.2) is 11.6 Å². The van der Waals surface area contributed by atoms with Crippen molar-refractivity contribution in [3.05, 3.63) is 58.9 Å². The first-order valence-electron chi connectivity index (χ1n) is 6.09. The van der Waals surface area contributed by atoms with E-state index in [0.717, 1.165) is 11.6 Å². The van der Waals surface area contributed by atoms with Gasteiger partial charge in [-0.2, -0.15) is 0 Å². The molecule has 0 aliphatic carbocycles. The minimum Gasteiger partial charge on any atom is -0.508 e. The van der Waals surface area contributed by atoms with Crippen LogP contribution in [-0.4, -0.2) is 5.11 Å². The van der Waals surface area contributed by atoms with Crippen molar-refractivity contribution >= 4 is 5.69 Å². The number of benzene rings is 2. The number of phenolic OH excluding ortho intramolecular Hbond substituents is 1. The predicted molar refractivity (Wildman–Crippen MR) is 71.2 cm³/mol. The van der Waals surface area contributed by atoms with Crippen molar-refractivity contribution in [2.24, 2.45) is 0 Å². The van der Waals surface area contributed by atoms with Crippen LogP contribution in [-0.2, 0) is 0 Å². The van der Waals surface area contributed by atoms with E-state index in [2.05, 4.69) is 5.32 Å². The maximum atomic E-state index is 13.6. The molecule has 0 aliphatic rings. The van der Waals surface area contributed by atoms with Gasteiger partial charge in [-0.1, -0.05) is 12.1 Å². The number of halogens is 3. The average molecular weight is 281 g/mol. The second kappa shape index (κ2) is 5.45. The minimum atomic E-state index is -1.26. The van der Waals surface area contributed by atoms with Gasteiger partial charge in [0.05, 0.1) is 11.7 Å². The van der Waals surface area contributed by atoms with Gasteiger partial charge in [0.1, 0.15) is 11.6 Å². The van der Waals surface area contributed by atoms with Crippen molar-refractivity contribution in [1.29, 1.82) is 0 Å². The Bertz CT molecular complexity index is 643. The lowest BCUT2D eigenvalue weighted by Gasteiger charge is -2.18. The molecule has 0 radical (unpaired) electrons. The molecule has 0 amide bonds. The molecule has 2 N–H and O–H groups in total. The fourth-order valence-corrected chi connectivity index (χ4v) is 1.99. The zero-order chi connectivity index (χ0) is 14.9. The Balaban J connectivity index is 2.30. The van der Waals surface area contributed by atoms with Crippen LogP contribution in [0.4, 0.5) is 18.9 Å². The number of anilines is 1. The summed E-state index contributed by atoms with van der Waals surface area (Å²) in [6.07, 6.45) is 0. The Morgan fingerprint density at radius 3 is 2.45 bits per heavy atom. The van der Waals surface area contributed by atoms with E-state index in [1.165, 1.54) is 0 Å². The van der Waals surface area contributed by atoms with Gasteiger partial charge >= 0.3 is 0 Å². The molecular formula is C15H14F3NO. The molecule has 0 saturated heterocycles. The summed E-state index contributed by atoms with van der Waals surface area (Å²) in [5.74, 6) is -3.23. The van der Waals surface area contributed by atoms with E-state index in [0.29, 0.717) is 11.6 Å². The fraction of sp³-hybridized carbons (Fsp3) is 0.200. The van der Waals surface area contributed by atoms with Gasteiger partial charge in [0.2, 0.25) is 0 Å². The van der Waals surface area contributed by atoms with Crippen LogP contribution in [0.3, 0.4) is 0 Å². The van der Waals surface area contributed by atoms with Gasteiger partial charge in [0, 0.05) is 17.7 Å². The van der Waals surface area contributed by atoms with Gasteiger partial charge in [-0.3, -0.25) is 0 Å². The molecule has 0 spiro atoms. The smallest absolute Gasteiger partial charge is 0.182 e. The van der Waals surface area contributed by atoms with Crippen LogP contribution in [0.1, 0.15) is 24.1 Å². The number of hydrogen-bond acceptors (Lipinski definition) is 2. The zero-order valence-corrected chi connectivity index (χ0v) is 11.0. The number of aromatic hydroxyl groups is 1. The Kier molecular flexibility index (Phi) is 3.88. The van der Waals surface area contributed by atoms with E-state index in [1.54, 1.807) is 25.1 Å². The van der Waals surface area contributed by atoms with Crippen molar-refractivity contribution in [3.63, 3.8) is 0 Å².